The van der Waals surface area contributed by atoms with E-state index >= 15 is 0 Å². The molecule has 1 fully saturated rings. The molecule has 4 rings (SSSR count). The van der Waals surface area contributed by atoms with Crippen LogP contribution in [0.3, 0.4) is 0 Å². The van der Waals surface area contributed by atoms with E-state index in [0.29, 0.717) is 9.32 Å². The predicted molar refractivity (Wildman–Crippen MR) is 125 cm³/mol. The van der Waals surface area contributed by atoms with Crippen LogP contribution >= 0.6 is 22.6 Å². The molecule has 1 aliphatic carbocycles. The van der Waals surface area contributed by atoms with Gasteiger partial charge in [0.25, 0.3) is 0 Å². The Bertz CT molecular complexity index is 1340. The number of sulfonamides is 1. The van der Waals surface area contributed by atoms with Gasteiger partial charge in [0.2, 0.25) is 10.0 Å². The fourth-order valence-corrected chi connectivity index (χ4v) is 5.61. The van der Waals surface area contributed by atoms with Crippen LogP contribution in [0.4, 0.5) is 34.6 Å². The monoisotopic (exact) mass is 592 g/mol. The molecule has 0 bridgehead atoms. The number of ether oxygens (including phenoxy) is 1. The maximum atomic E-state index is 14.6. The van der Waals surface area contributed by atoms with Crippen LogP contribution < -0.4 is 14.8 Å². The number of methoxy groups -OCH3 is 1. The molecule has 3 aromatic carbocycles. The van der Waals surface area contributed by atoms with E-state index in [0.717, 1.165) is 18.2 Å². The van der Waals surface area contributed by atoms with Gasteiger partial charge in [-0.05, 0) is 71.0 Å². The van der Waals surface area contributed by atoms with E-state index in [1.54, 1.807) is 6.07 Å². The smallest absolute Gasteiger partial charge is 0.236 e. The van der Waals surface area contributed by atoms with E-state index in [4.69, 9.17) is 4.74 Å². The molecule has 3 aromatic rings. The number of hydrogen-bond donors (Lipinski definition) is 2. The van der Waals surface area contributed by atoms with Gasteiger partial charge in [-0.1, -0.05) is 6.07 Å². The van der Waals surface area contributed by atoms with Gasteiger partial charge < -0.3 is 10.1 Å². The Kier molecular flexibility index (Phi) is 6.45. The van der Waals surface area contributed by atoms with Gasteiger partial charge in [-0.25, -0.2) is 26.0 Å². The van der Waals surface area contributed by atoms with Crippen molar-refractivity contribution >= 4 is 49.7 Å². The second-order valence-corrected chi connectivity index (χ2v) is 10.6. The van der Waals surface area contributed by atoms with Gasteiger partial charge in [0.05, 0.1) is 23.7 Å². The van der Waals surface area contributed by atoms with Crippen molar-refractivity contribution in [3.63, 3.8) is 0 Å². The van der Waals surface area contributed by atoms with E-state index in [1.807, 2.05) is 22.6 Å². The minimum atomic E-state index is -4.10. The molecule has 174 valence electrons. The Morgan fingerprint density at radius 2 is 1.67 bits per heavy atom. The zero-order valence-corrected chi connectivity index (χ0v) is 20.0. The summed E-state index contributed by atoms with van der Waals surface area (Å²) in [5.74, 6) is -4.24. The molecule has 1 saturated carbocycles. The Balaban J connectivity index is 1.60. The molecule has 0 spiro atoms. The number of benzene rings is 3. The van der Waals surface area contributed by atoms with Gasteiger partial charge in [-0.3, -0.25) is 4.72 Å². The first-order chi connectivity index (χ1) is 15.6. The molecule has 0 aromatic heterocycles. The number of rotatable bonds is 7. The van der Waals surface area contributed by atoms with Crippen LogP contribution in [0.2, 0.25) is 0 Å². The number of anilines is 3. The molecule has 0 radical (unpaired) electrons. The quantitative estimate of drug-likeness (QED) is 0.265. The van der Waals surface area contributed by atoms with Gasteiger partial charge in [-0.2, -0.15) is 0 Å². The molecule has 33 heavy (non-hydrogen) atoms. The number of hydrogen-bond acceptors (Lipinski definition) is 4. The lowest BCUT2D eigenvalue weighted by molar-refractivity contribution is 0.410. The second-order valence-electron chi connectivity index (χ2n) is 7.45. The molecular formula is C22H17F4IN2O3S. The Hall–Kier alpha value is -2.54. The number of halogens is 5. The molecule has 5 nitrogen and oxygen atoms in total. The molecule has 0 amide bonds. The number of nitrogens with one attached hydrogen (secondary N) is 2. The lowest BCUT2D eigenvalue weighted by Crippen LogP contribution is -2.20. The third-order valence-corrected chi connectivity index (χ3v) is 7.77. The van der Waals surface area contributed by atoms with Crippen LogP contribution in [0, 0.1) is 26.8 Å². The summed E-state index contributed by atoms with van der Waals surface area (Å²) in [6, 6.07) is 10.00. The van der Waals surface area contributed by atoms with Crippen LogP contribution in [-0.2, 0) is 10.0 Å². The molecule has 1 aliphatic rings. The van der Waals surface area contributed by atoms with Gasteiger partial charge in [-0.15, -0.1) is 0 Å². The van der Waals surface area contributed by atoms with Crippen molar-refractivity contribution < 1.29 is 30.7 Å². The van der Waals surface area contributed by atoms with Crippen LogP contribution in [0.1, 0.15) is 17.9 Å². The highest BCUT2D eigenvalue weighted by Crippen LogP contribution is 2.48. The third kappa shape index (κ3) is 4.88. The Morgan fingerprint density at radius 3 is 2.33 bits per heavy atom. The van der Waals surface area contributed by atoms with Crippen LogP contribution in [0.15, 0.2) is 48.5 Å². The molecule has 2 unspecified atom stereocenters. The van der Waals surface area contributed by atoms with Crippen molar-refractivity contribution in [2.75, 3.05) is 17.1 Å². The van der Waals surface area contributed by atoms with Crippen molar-refractivity contribution in [2.45, 2.75) is 17.6 Å². The molecule has 11 heteroatoms. The van der Waals surface area contributed by atoms with Crippen LogP contribution in [-0.4, -0.2) is 20.8 Å². The first kappa shape index (κ1) is 23.6. The Labute approximate surface area is 201 Å². The average molecular weight is 592 g/mol. The normalized spacial score (nSPS) is 17.5. The highest BCUT2D eigenvalue weighted by Gasteiger charge is 2.49. The van der Waals surface area contributed by atoms with Crippen molar-refractivity contribution in [3.8, 4) is 5.75 Å². The largest absolute Gasteiger partial charge is 0.497 e. The maximum Gasteiger partial charge on any atom is 0.236 e. The topological polar surface area (TPSA) is 67.4 Å². The van der Waals surface area contributed by atoms with E-state index in [9.17, 15) is 26.0 Å². The zero-order valence-electron chi connectivity index (χ0n) is 17.0. The SMILES string of the molecule is COc1ccc(C2CC2S(=O)(=O)Nc2ccc(F)c(F)c2Nc2ccc(I)cc2F)c(F)c1. The first-order valence-electron chi connectivity index (χ1n) is 9.66. The minimum Gasteiger partial charge on any atom is -0.497 e. The molecule has 2 N–H and O–H groups in total. The Morgan fingerprint density at radius 1 is 0.939 bits per heavy atom. The molecule has 0 heterocycles. The van der Waals surface area contributed by atoms with Gasteiger partial charge in [0.1, 0.15) is 23.1 Å². The van der Waals surface area contributed by atoms with E-state index in [2.05, 4.69) is 10.0 Å². The molecule has 0 saturated heterocycles. The van der Waals surface area contributed by atoms with Crippen molar-refractivity contribution in [3.05, 3.63) is 80.9 Å². The lowest BCUT2D eigenvalue weighted by Gasteiger charge is -2.16. The summed E-state index contributed by atoms with van der Waals surface area (Å²) in [5.41, 5.74) is -0.806. The molecular weight excluding hydrogens is 575 g/mol. The highest BCUT2D eigenvalue weighted by molar-refractivity contribution is 14.1. The third-order valence-electron chi connectivity index (χ3n) is 5.28. The van der Waals surface area contributed by atoms with E-state index in [1.165, 1.54) is 31.4 Å². The maximum absolute atomic E-state index is 14.6. The minimum absolute atomic E-state index is 0.150. The summed E-state index contributed by atoms with van der Waals surface area (Å²) in [6.07, 6.45) is 0.150. The fourth-order valence-electron chi connectivity index (χ4n) is 3.49. The zero-order chi connectivity index (χ0) is 23.9. The van der Waals surface area contributed by atoms with Crippen LogP contribution in [0.5, 0.6) is 5.75 Å². The summed E-state index contributed by atoms with van der Waals surface area (Å²) >= 11 is 1.89. The summed E-state index contributed by atoms with van der Waals surface area (Å²) in [6.45, 7) is 0. The molecule has 2 atom stereocenters. The van der Waals surface area contributed by atoms with Gasteiger partial charge in [0, 0.05) is 15.6 Å². The molecule has 0 aliphatic heterocycles. The highest BCUT2D eigenvalue weighted by atomic mass is 127. The van der Waals surface area contributed by atoms with Crippen molar-refractivity contribution in [1.29, 1.82) is 0 Å². The second kappa shape index (κ2) is 9.01. The lowest BCUT2D eigenvalue weighted by atomic mass is 10.1. The summed E-state index contributed by atoms with van der Waals surface area (Å²) in [5, 5.41) is 1.45. The van der Waals surface area contributed by atoms with E-state index < -0.39 is 50.1 Å². The summed E-state index contributed by atoms with van der Waals surface area (Å²) in [7, 11) is -2.72. The van der Waals surface area contributed by atoms with Gasteiger partial charge in [0.15, 0.2) is 11.6 Å². The standard InChI is InChI=1S/C22H17F4IN2O3S/c1-32-12-3-4-13(16(24)9-12)14-10-20(14)33(30,31)29-19-7-5-15(23)21(26)22(19)28-18-6-2-11(27)8-17(18)25/h2-9,14,20,28-29H,10H2,1H3. The van der Waals surface area contributed by atoms with Gasteiger partial charge >= 0.3 is 0 Å². The average Bonchev–Trinajstić information content (AvgIpc) is 3.56. The summed E-state index contributed by atoms with van der Waals surface area (Å²) < 4.78 is 90.6. The van der Waals surface area contributed by atoms with Crippen molar-refractivity contribution in [2.24, 2.45) is 0 Å². The first-order valence-corrected chi connectivity index (χ1v) is 12.3. The van der Waals surface area contributed by atoms with Crippen LogP contribution in [0.25, 0.3) is 0 Å². The van der Waals surface area contributed by atoms with Crippen molar-refractivity contribution in [1.82, 2.24) is 0 Å². The predicted octanol–water partition coefficient (Wildman–Crippen LogP) is 5.90. The summed E-state index contributed by atoms with van der Waals surface area (Å²) in [4.78, 5) is 0. The fraction of sp³-hybridized carbons (Fsp3) is 0.182. The van der Waals surface area contributed by atoms with E-state index in [-0.39, 0.29) is 23.4 Å².